The van der Waals surface area contributed by atoms with Crippen LogP contribution in [0, 0.1) is 5.82 Å². The number of halogens is 1. The Bertz CT molecular complexity index is 335. The third kappa shape index (κ3) is 4.32. The zero-order valence-electron chi connectivity index (χ0n) is 10.3. The van der Waals surface area contributed by atoms with E-state index in [1.54, 1.807) is 12.1 Å². The lowest BCUT2D eigenvalue weighted by molar-refractivity contribution is 0.567. The highest BCUT2D eigenvalue weighted by Gasteiger charge is 2.22. The standard InChI is InChI=1S/C14H20FNS/c1-17-9-8-12(10-16-14-6-7-14)11-2-4-13(15)5-3-11/h2-5,12,14,16H,6-10H2,1H3. The predicted octanol–water partition coefficient (Wildman–Crippen LogP) is 3.41. The van der Waals surface area contributed by atoms with Gasteiger partial charge in [-0.15, -0.1) is 0 Å². The number of hydrogen-bond donors (Lipinski definition) is 1. The van der Waals surface area contributed by atoms with Gasteiger partial charge in [0.1, 0.15) is 5.82 Å². The van der Waals surface area contributed by atoms with Crippen molar-refractivity contribution in [2.24, 2.45) is 0 Å². The summed E-state index contributed by atoms with van der Waals surface area (Å²) in [6.45, 7) is 1.02. The van der Waals surface area contributed by atoms with Crippen LogP contribution >= 0.6 is 11.8 Å². The molecule has 0 saturated heterocycles. The molecule has 1 N–H and O–H groups in total. The van der Waals surface area contributed by atoms with Crippen molar-refractivity contribution in [1.29, 1.82) is 0 Å². The molecule has 0 spiro atoms. The van der Waals surface area contributed by atoms with Gasteiger partial charge < -0.3 is 5.32 Å². The van der Waals surface area contributed by atoms with Gasteiger partial charge in [-0.3, -0.25) is 0 Å². The molecule has 2 rings (SSSR count). The van der Waals surface area contributed by atoms with Crippen molar-refractivity contribution in [3.8, 4) is 0 Å². The first-order valence-electron chi connectivity index (χ1n) is 6.27. The fourth-order valence-corrected chi connectivity index (χ4v) is 2.50. The summed E-state index contributed by atoms with van der Waals surface area (Å²) in [6.07, 6.45) is 5.93. The van der Waals surface area contributed by atoms with Crippen LogP contribution in [-0.2, 0) is 0 Å². The molecule has 0 aliphatic heterocycles. The molecular formula is C14H20FNS. The molecule has 94 valence electrons. The van der Waals surface area contributed by atoms with E-state index in [0.717, 1.165) is 24.8 Å². The van der Waals surface area contributed by atoms with Crippen molar-refractivity contribution >= 4 is 11.8 Å². The van der Waals surface area contributed by atoms with Crippen molar-refractivity contribution in [2.75, 3.05) is 18.6 Å². The van der Waals surface area contributed by atoms with Crippen molar-refractivity contribution in [2.45, 2.75) is 31.2 Å². The molecule has 1 fully saturated rings. The summed E-state index contributed by atoms with van der Waals surface area (Å²) >= 11 is 1.88. The Kier molecular flexibility index (Phi) is 4.86. The zero-order valence-corrected chi connectivity index (χ0v) is 11.1. The molecule has 0 heterocycles. The molecule has 17 heavy (non-hydrogen) atoms. The summed E-state index contributed by atoms with van der Waals surface area (Å²) in [7, 11) is 0. The van der Waals surface area contributed by atoms with Crippen LogP contribution in [0.15, 0.2) is 24.3 Å². The second-order valence-corrected chi connectivity index (χ2v) is 5.70. The maximum Gasteiger partial charge on any atom is 0.123 e. The summed E-state index contributed by atoms with van der Waals surface area (Å²) in [5.74, 6) is 1.53. The average molecular weight is 253 g/mol. The van der Waals surface area contributed by atoms with Gasteiger partial charge in [0.25, 0.3) is 0 Å². The third-order valence-corrected chi connectivity index (χ3v) is 3.89. The Morgan fingerprint density at radius 1 is 1.35 bits per heavy atom. The SMILES string of the molecule is CSCCC(CNC1CC1)c1ccc(F)cc1. The molecule has 0 aromatic heterocycles. The lowest BCUT2D eigenvalue weighted by Crippen LogP contribution is -2.24. The van der Waals surface area contributed by atoms with E-state index in [2.05, 4.69) is 11.6 Å². The van der Waals surface area contributed by atoms with E-state index in [1.165, 1.54) is 18.4 Å². The van der Waals surface area contributed by atoms with Gasteiger partial charge in [0.2, 0.25) is 0 Å². The topological polar surface area (TPSA) is 12.0 Å². The van der Waals surface area contributed by atoms with Gasteiger partial charge in [-0.05, 0) is 54.9 Å². The number of thioether (sulfide) groups is 1. The summed E-state index contributed by atoms with van der Waals surface area (Å²) in [5.41, 5.74) is 1.26. The smallest absolute Gasteiger partial charge is 0.123 e. The van der Waals surface area contributed by atoms with Gasteiger partial charge in [0.05, 0.1) is 0 Å². The second-order valence-electron chi connectivity index (χ2n) is 4.71. The van der Waals surface area contributed by atoms with Gasteiger partial charge in [-0.25, -0.2) is 4.39 Å². The Morgan fingerprint density at radius 3 is 2.65 bits per heavy atom. The first kappa shape index (κ1) is 12.9. The van der Waals surface area contributed by atoms with E-state index in [0.29, 0.717) is 5.92 Å². The molecule has 1 saturated carbocycles. The highest BCUT2D eigenvalue weighted by atomic mass is 32.2. The Balaban J connectivity index is 1.93. The minimum atomic E-state index is -0.146. The zero-order chi connectivity index (χ0) is 12.1. The highest BCUT2D eigenvalue weighted by molar-refractivity contribution is 7.98. The van der Waals surface area contributed by atoms with Crippen LogP contribution in [0.2, 0.25) is 0 Å². The van der Waals surface area contributed by atoms with E-state index >= 15 is 0 Å². The molecule has 1 aliphatic rings. The third-order valence-electron chi connectivity index (χ3n) is 3.24. The van der Waals surface area contributed by atoms with E-state index in [1.807, 2.05) is 23.9 Å². The summed E-state index contributed by atoms with van der Waals surface area (Å²) in [5, 5.41) is 3.58. The van der Waals surface area contributed by atoms with Gasteiger partial charge in [-0.2, -0.15) is 11.8 Å². The molecule has 0 bridgehead atoms. The molecule has 1 aromatic carbocycles. The molecule has 0 radical (unpaired) electrons. The van der Waals surface area contributed by atoms with Gasteiger partial charge in [-0.1, -0.05) is 12.1 Å². The normalized spacial score (nSPS) is 17.1. The number of rotatable bonds is 7. The van der Waals surface area contributed by atoms with Crippen LogP contribution in [0.4, 0.5) is 4.39 Å². The first-order valence-corrected chi connectivity index (χ1v) is 7.67. The van der Waals surface area contributed by atoms with Crippen LogP contribution in [-0.4, -0.2) is 24.6 Å². The van der Waals surface area contributed by atoms with Crippen LogP contribution in [0.1, 0.15) is 30.7 Å². The minimum absolute atomic E-state index is 0.146. The van der Waals surface area contributed by atoms with Gasteiger partial charge >= 0.3 is 0 Å². The first-order chi connectivity index (χ1) is 8.29. The van der Waals surface area contributed by atoms with E-state index in [9.17, 15) is 4.39 Å². The minimum Gasteiger partial charge on any atom is -0.313 e. The molecular weight excluding hydrogens is 233 g/mol. The Labute approximate surface area is 107 Å². The fraction of sp³-hybridized carbons (Fsp3) is 0.571. The summed E-state index contributed by atoms with van der Waals surface area (Å²) in [6, 6.07) is 7.73. The number of nitrogens with one attached hydrogen (secondary N) is 1. The molecule has 1 nitrogen and oxygen atoms in total. The van der Waals surface area contributed by atoms with E-state index < -0.39 is 0 Å². The second kappa shape index (κ2) is 6.41. The largest absolute Gasteiger partial charge is 0.313 e. The molecule has 1 aliphatic carbocycles. The van der Waals surface area contributed by atoms with Crippen LogP contribution in [0.3, 0.4) is 0 Å². The lowest BCUT2D eigenvalue weighted by atomic mass is 9.96. The molecule has 1 unspecified atom stereocenters. The number of hydrogen-bond acceptors (Lipinski definition) is 2. The molecule has 1 aromatic rings. The quantitative estimate of drug-likeness (QED) is 0.799. The number of benzene rings is 1. The average Bonchev–Trinajstić information content (AvgIpc) is 3.15. The summed E-state index contributed by atoms with van der Waals surface area (Å²) < 4.78 is 12.9. The van der Waals surface area contributed by atoms with Crippen LogP contribution < -0.4 is 5.32 Å². The van der Waals surface area contributed by atoms with E-state index in [-0.39, 0.29) is 5.82 Å². The lowest BCUT2D eigenvalue weighted by Gasteiger charge is -2.17. The molecule has 0 amide bonds. The maximum absolute atomic E-state index is 12.9. The van der Waals surface area contributed by atoms with E-state index in [4.69, 9.17) is 0 Å². The van der Waals surface area contributed by atoms with Gasteiger partial charge in [0, 0.05) is 12.6 Å². The van der Waals surface area contributed by atoms with Gasteiger partial charge in [0.15, 0.2) is 0 Å². The molecule has 3 heteroatoms. The maximum atomic E-state index is 12.9. The fourth-order valence-electron chi connectivity index (χ4n) is 1.98. The van der Waals surface area contributed by atoms with Crippen LogP contribution in [0.25, 0.3) is 0 Å². The molecule has 1 atom stereocenters. The monoisotopic (exact) mass is 253 g/mol. The highest BCUT2D eigenvalue weighted by Crippen LogP contribution is 2.24. The summed E-state index contributed by atoms with van der Waals surface area (Å²) in [4.78, 5) is 0. The Hall–Kier alpha value is -0.540. The van der Waals surface area contributed by atoms with Crippen molar-refractivity contribution in [3.63, 3.8) is 0 Å². The Morgan fingerprint density at radius 2 is 2.06 bits per heavy atom. The van der Waals surface area contributed by atoms with Crippen molar-refractivity contribution in [3.05, 3.63) is 35.6 Å². The van der Waals surface area contributed by atoms with Crippen LogP contribution in [0.5, 0.6) is 0 Å². The van der Waals surface area contributed by atoms with Crippen molar-refractivity contribution in [1.82, 2.24) is 5.32 Å². The predicted molar refractivity (Wildman–Crippen MR) is 73.2 cm³/mol. The van der Waals surface area contributed by atoms with Crippen molar-refractivity contribution < 1.29 is 4.39 Å².